The predicted molar refractivity (Wildman–Crippen MR) is 84.7 cm³/mol. The summed E-state index contributed by atoms with van der Waals surface area (Å²) in [5.74, 6) is 2.92. The van der Waals surface area contributed by atoms with Crippen molar-refractivity contribution in [1.29, 1.82) is 0 Å². The van der Waals surface area contributed by atoms with E-state index in [0.29, 0.717) is 11.8 Å². The molecule has 3 aliphatic carbocycles. The molecule has 5 atom stereocenters. The molecular weight excluding hydrogens is 276 g/mol. The average Bonchev–Trinajstić information content (AvgIpc) is 2.83. The highest BCUT2D eigenvalue weighted by Crippen LogP contribution is 2.60. The summed E-state index contributed by atoms with van der Waals surface area (Å²) in [4.78, 5) is 9.95. The first-order valence-electron chi connectivity index (χ1n) is 8.65. The Morgan fingerprint density at radius 2 is 2.05 bits per heavy atom. The van der Waals surface area contributed by atoms with Crippen LogP contribution in [0.2, 0.25) is 0 Å². The van der Waals surface area contributed by atoms with Crippen LogP contribution in [0.5, 0.6) is 5.75 Å². The summed E-state index contributed by atoms with van der Waals surface area (Å²) in [6.07, 6.45) is 6.87. The number of aliphatic hydroxyl groups excluding tert-OH is 1. The summed E-state index contributed by atoms with van der Waals surface area (Å²) in [6, 6.07) is 6.42. The third-order valence-corrected chi connectivity index (χ3v) is 6.83. The average molecular weight is 302 g/mol. The fraction of sp³-hybridized carbons (Fsp3) is 0.684. The zero-order valence-corrected chi connectivity index (χ0v) is 13.5. The first-order chi connectivity index (χ1) is 10.6. The molecule has 2 fully saturated rings. The molecule has 0 unspecified atom stereocenters. The molecule has 4 rings (SSSR count). The summed E-state index contributed by atoms with van der Waals surface area (Å²) in [7, 11) is 1.54. The van der Waals surface area contributed by atoms with Crippen molar-refractivity contribution in [3.63, 3.8) is 0 Å². The van der Waals surface area contributed by atoms with E-state index in [-0.39, 0.29) is 11.5 Å². The quantitative estimate of drug-likeness (QED) is 0.666. The van der Waals surface area contributed by atoms with E-state index in [0.717, 1.165) is 30.9 Å². The maximum Gasteiger partial charge on any atom is 0.165 e. The number of rotatable bonds is 2. The standard InChI is InChI=1S/C19H26O3/c1-19-10-9-15-14-6-4-13(22-21-2)11-12(14)3-5-16(15)17(19)7-8-18(19)20/h4,6,11,15-18,20H,3,5,7-10H2,1-2H3/t15-,16-,17+,18+,19+/m1/s1. The highest BCUT2D eigenvalue weighted by Gasteiger charge is 2.54. The van der Waals surface area contributed by atoms with Crippen LogP contribution in [-0.2, 0) is 11.3 Å². The van der Waals surface area contributed by atoms with Gasteiger partial charge in [0.15, 0.2) is 5.75 Å². The lowest BCUT2D eigenvalue weighted by Gasteiger charge is -2.50. The van der Waals surface area contributed by atoms with Gasteiger partial charge in [0.25, 0.3) is 0 Å². The van der Waals surface area contributed by atoms with Crippen LogP contribution in [0, 0.1) is 17.3 Å². The second-order valence-corrected chi connectivity index (χ2v) is 7.66. The monoisotopic (exact) mass is 302 g/mol. The zero-order valence-electron chi connectivity index (χ0n) is 13.5. The Balaban J connectivity index is 1.64. The molecule has 1 N–H and O–H groups in total. The van der Waals surface area contributed by atoms with Crippen molar-refractivity contribution in [3.8, 4) is 5.75 Å². The lowest BCUT2D eigenvalue weighted by Crippen LogP contribution is -2.43. The molecule has 0 amide bonds. The summed E-state index contributed by atoms with van der Waals surface area (Å²) in [5.41, 5.74) is 3.11. The van der Waals surface area contributed by atoms with Crippen molar-refractivity contribution in [2.75, 3.05) is 7.11 Å². The van der Waals surface area contributed by atoms with E-state index in [4.69, 9.17) is 9.78 Å². The molecule has 0 bridgehead atoms. The number of hydrogen-bond donors (Lipinski definition) is 1. The highest BCUT2D eigenvalue weighted by molar-refractivity contribution is 5.40. The molecule has 1 aromatic rings. The van der Waals surface area contributed by atoms with E-state index in [1.165, 1.54) is 30.4 Å². The Kier molecular flexibility index (Phi) is 3.46. The van der Waals surface area contributed by atoms with Crippen LogP contribution in [0.25, 0.3) is 0 Å². The number of aliphatic hydroxyl groups is 1. The SMILES string of the molecule is COOc1ccc2c(c1)CC[C@@H]1[C@@H]2CC[C@]2(C)[C@@H](O)CC[C@@H]12. The van der Waals surface area contributed by atoms with Crippen LogP contribution in [0.15, 0.2) is 18.2 Å². The number of hydrogen-bond acceptors (Lipinski definition) is 3. The van der Waals surface area contributed by atoms with Crippen LogP contribution >= 0.6 is 0 Å². The molecule has 22 heavy (non-hydrogen) atoms. The van der Waals surface area contributed by atoms with Gasteiger partial charge in [0, 0.05) is 0 Å². The van der Waals surface area contributed by atoms with Gasteiger partial charge in [0.05, 0.1) is 13.2 Å². The Hall–Kier alpha value is -1.06. The minimum Gasteiger partial charge on any atom is -0.393 e. The summed E-state index contributed by atoms with van der Waals surface area (Å²) in [6.45, 7) is 2.33. The highest BCUT2D eigenvalue weighted by atomic mass is 17.2. The Morgan fingerprint density at radius 1 is 1.18 bits per heavy atom. The second kappa shape index (κ2) is 5.24. The minimum atomic E-state index is -0.0858. The molecule has 1 aromatic carbocycles. The van der Waals surface area contributed by atoms with Crippen molar-refractivity contribution in [2.24, 2.45) is 17.3 Å². The molecule has 3 aliphatic rings. The van der Waals surface area contributed by atoms with E-state index < -0.39 is 0 Å². The van der Waals surface area contributed by atoms with Gasteiger partial charge in [-0.1, -0.05) is 13.0 Å². The molecule has 0 radical (unpaired) electrons. The van der Waals surface area contributed by atoms with Crippen LogP contribution in [0.1, 0.15) is 56.1 Å². The number of fused-ring (bicyclic) bond motifs is 5. The van der Waals surface area contributed by atoms with Crippen molar-refractivity contribution < 1.29 is 14.9 Å². The van der Waals surface area contributed by atoms with Gasteiger partial charge in [-0.15, -0.1) is 0 Å². The van der Waals surface area contributed by atoms with Gasteiger partial charge in [0.2, 0.25) is 0 Å². The maximum absolute atomic E-state index is 10.4. The van der Waals surface area contributed by atoms with Crippen molar-refractivity contribution in [3.05, 3.63) is 29.3 Å². The molecule has 3 nitrogen and oxygen atoms in total. The molecule has 120 valence electrons. The predicted octanol–water partition coefficient (Wildman–Crippen LogP) is 3.84. The van der Waals surface area contributed by atoms with Gasteiger partial charge in [-0.05, 0) is 85.0 Å². The summed E-state index contributed by atoms with van der Waals surface area (Å²) >= 11 is 0. The molecular formula is C19H26O3. The molecule has 0 saturated heterocycles. The Morgan fingerprint density at radius 3 is 2.86 bits per heavy atom. The fourth-order valence-electron chi connectivity index (χ4n) is 5.68. The van der Waals surface area contributed by atoms with Gasteiger partial charge in [-0.3, -0.25) is 0 Å². The number of benzene rings is 1. The topological polar surface area (TPSA) is 38.7 Å². The molecule has 0 aliphatic heterocycles. The van der Waals surface area contributed by atoms with E-state index >= 15 is 0 Å². The van der Waals surface area contributed by atoms with Gasteiger partial charge >= 0.3 is 0 Å². The smallest absolute Gasteiger partial charge is 0.165 e. The molecule has 0 aromatic heterocycles. The van der Waals surface area contributed by atoms with Crippen LogP contribution in [0.4, 0.5) is 0 Å². The Bertz CT molecular complexity index is 570. The van der Waals surface area contributed by atoms with Crippen molar-refractivity contribution in [2.45, 2.75) is 57.5 Å². The minimum absolute atomic E-state index is 0.0858. The number of aryl methyl sites for hydroxylation is 1. The van der Waals surface area contributed by atoms with E-state index in [1.807, 2.05) is 6.07 Å². The molecule has 2 saturated carbocycles. The normalized spacial score (nSPS) is 39.8. The van der Waals surface area contributed by atoms with Crippen LogP contribution < -0.4 is 4.89 Å². The summed E-state index contributed by atoms with van der Waals surface area (Å²) in [5, 5.41) is 10.4. The second-order valence-electron chi connectivity index (χ2n) is 7.66. The molecule has 3 heteroatoms. The van der Waals surface area contributed by atoms with Gasteiger partial charge < -0.3 is 9.99 Å². The summed E-state index contributed by atoms with van der Waals surface area (Å²) < 4.78 is 0. The van der Waals surface area contributed by atoms with Gasteiger partial charge in [-0.25, -0.2) is 0 Å². The maximum atomic E-state index is 10.4. The van der Waals surface area contributed by atoms with Crippen molar-refractivity contribution >= 4 is 0 Å². The fourth-order valence-corrected chi connectivity index (χ4v) is 5.68. The third kappa shape index (κ3) is 2.02. The third-order valence-electron chi connectivity index (χ3n) is 6.83. The molecule has 0 spiro atoms. The van der Waals surface area contributed by atoms with Crippen molar-refractivity contribution in [1.82, 2.24) is 0 Å². The first-order valence-corrected chi connectivity index (χ1v) is 8.65. The van der Waals surface area contributed by atoms with E-state index in [1.54, 1.807) is 7.11 Å². The molecule has 0 heterocycles. The first kappa shape index (κ1) is 14.5. The van der Waals surface area contributed by atoms with E-state index in [9.17, 15) is 5.11 Å². The van der Waals surface area contributed by atoms with Gasteiger partial charge in [-0.2, -0.15) is 4.89 Å². The van der Waals surface area contributed by atoms with Crippen LogP contribution in [-0.4, -0.2) is 18.3 Å². The largest absolute Gasteiger partial charge is 0.393 e. The van der Waals surface area contributed by atoms with E-state index in [2.05, 4.69) is 19.1 Å². The van der Waals surface area contributed by atoms with Gasteiger partial charge in [0.1, 0.15) is 0 Å². The Labute approximate surface area is 132 Å². The zero-order chi connectivity index (χ0) is 15.3. The lowest BCUT2D eigenvalue weighted by atomic mass is 9.55. The van der Waals surface area contributed by atoms with Crippen LogP contribution in [0.3, 0.4) is 0 Å². The lowest BCUT2D eigenvalue weighted by molar-refractivity contribution is -0.178.